The predicted molar refractivity (Wildman–Crippen MR) is 128 cm³/mol. The van der Waals surface area contributed by atoms with Crippen molar-refractivity contribution in [2.24, 2.45) is 11.3 Å². The number of benzene rings is 2. The SMILES string of the molecule is CC(C(=O)O)c1ccc2c(c1)nc(Nc1ccc(OC(F)(F)F)cc1)n2[C@@H]1C[C@H](C)CC(C)(C)C1. The van der Waals surface area contributed by atoms with Crippen molar-refractivity contribution in [2.45, 2.75) is 65.3 Å². The Labute approximate surface area is 202 Å². The van der Waals surface area contributed by atoms with E-state index in [-0.39, 0.29) is 17.2 Å². The van der Waals surface area contributed by atoms with Crippen LogP contribution in [0.1, 0.15) is 64.5 Å². The molecular formula is C26H30F3N3O3. The lowest BCUT2D eigenvalue weighted by molar-refractivity contribution is -0.274. The van der Waals surface area contributed by atoms with Gasteiger partial charge in [-0.2, -0.15) is 0 Å². The fourth-order valence-electron chi connectivity index (χ4n) is 5.35. The van der Waals surface area contributed by atoms with E-state index in [1.54, 1.807) is 13.0 Å². The maximum atomic E-state index is 12.5. The zero-order valence-corrected chi connectivity index (χ0v) is 20.2. The Kier molecular flexibility index (Phi) is 6.46. The maximum Gasteiger partial charge on any atom is 0.573 e. The van der Waals surface area contributed by atoms with Crippen LogP contribution in [0, 0.1) is 11.3 Å². The number of carboxylic acid groups (broad SMARTS) is 1. The zero-order valence-electron chi connectivity index (χ0n) is 20.2. The van der Waals surface area contributed by atoms with Crippen LogP contribution in [0.3, 0.4) is 0 Å². The van der Waals surface area contributed by atoms with Gasteiger partial charge < -0.3 is 19.7 Å². The molecule has 1 aliphatic rings. The number of hydrogen-bond donors (Lipinski definition) is 2. The topological polar surface area (TPSA) is 76.4 Å². The van der Waals surface area contributed by atoms with Gasteiger partial charge in [0.1, 0.15) is 5.75 Å². The molecule has 4 rings (SSSR count). The monoisotopic (exact) mass is 489 g/mol. The summed E-state index contributed by atoms with van der Waals surface area (Å²) in [7, 11) is 0. The minimum absolute atomic E-state index is 0.143. The molecule has 0 amide bonds. The number of nitrogens with one attached hydrogen (secondary N) is 1. The number of ether oxygens (including phenoxy) is 1. The largest absolute Gasteiger partial charge is 0.573 e. The van der Waals surface area contributed by atoms with Crippen LogP contribution in [0.5, 0.6) is 5.75 Å². The van der Waals surface area contributed by atoms with E-state index < -0.39 is 18.2 Å². The van der Waals surface area contributed by atoms with Crippen molar-refractivity contribution in [3.63, 3.8) is 0 Å². The Morgan fingerprint density at radius 1 is 1.20 bits per heavy atom. The van der Waals surface area contributed by atoms with Gasteiger partial charge in [-0.05, 0) is 79.5 Å². The third kappa shape index (κ3) is 5.71. The summed E-state index contributed by atoms with van der Waals surface area (Å²) in [5.41, 5.74) is 2.93. The van der Waals surface area contributed by atoms with Gasteiger partial charge in [0.2, 0.25) is 5.95 Å². The highest BCUT2D eigenvalue weighted by Gasteiger charge is 2.35. The molecule has 188 valence electrons. The highest BCUT2D eigenvalue weighted by molar-refractivity contribution is 5.83. The summed E-state index contributed by atoms with van der Waals surface area (Å²) in [6, 6.07) is 11.2. The first-order valence-corrected chi connectivity index (χ1v) is 11.7. The molecule has 2 aromatic carbocycles. The molecule has 3 aromatic rings. The average molecular weight is 490 g/mol. The molecule has 1 saturated carbocycles. The molecule has 2 N–H and O–H groups in total. The second kappa shape index (κ2) is 9.09. The van der Waals surface area contributed by atoms with Crippen LogP contribution >= 0.6 is 0 Å². The summed E-state index contributed by atoms with van der Waals surface area (Å²) in [5.74, 6) is -0.799. The van der Waals surface area contributed by atoms with Crippen LogP contribution in [0.25, 0.3) is 11.0 Å². The number of rotatable bonds is 6. The minimum atomic E-state index is -4.75. The Morgan fingerprint density at radius 3 is 2.49 bits per heavy atom. The van der Waals surface area contributed by atoms with Crippen LogP contribution < -0.4 is 10.1 Å². The van der Waals surface area contributed by atoms with E-state index in [2.05, 4.69) is 35.4 Å². The Hall–Kier alpha value is -3.23. The van der Waals surface area contributed by atoms with Gasteiger partial charge in [0.05, 0.1) is 17.0 Å². The van der Waals surface area contributed by atoms with Crippen LogP contribution in [-0.4, -0.2) is 27.0 Å². The fraction of sp³-hybridized carbons (Fsp3) is 0.462. The number of anilines is 2. The number of carboxylic acids is 1. The van der Waals surface area contributed by atoms with Gasteiger partial charge in [0.25, 0.3) is 0 Å². The van der Waals surface area contributed by atoms with E-state index >= 15 is 0 Å². The predicted octanol–water partition coefficient (Wildman–Crippen LogP) is 7.25. The van der Waals surface area contributed by atoms with Crippen LogP contribution in [-0.2, 0) is 4.79 Å². The summed E-state index contributed by atoms with van der Waals surface area (Å²) >= 11 is 0. The Morgan fingerprint density at radius 2 is 1.89 bits per heavy atom. The molecule has 3 atom stereocenters. The number of aliphatic carboxylic acids is 1. The first-order chi connectivity index (χ1) is 16.3. The zero-order chi connectivity index (χ0) is 25.5. The van der Waals surface area contributed by atoms with E-state index in [4.69, 9.17) is 4.98 Å². The van der Waals surface area contributed by atoms with Crippen LogP contribution in [0.2, 0.25) is 0 Å². The van der Waals surface area contributed by atoms with E-state index in [1.165, 1.54) is 24.3 Å². The number of alkyl halides is 3. The highest BCUT2D eigenvalue weighted by atomic mass is 19.4. The normalized spacial score (nSPS) is 21.0. The highest BCUT2D eigenvalue weighted by Crippen LogP contribution is 2.46. The van der Waals surface area contributed by atoms with Gasteiger partial charge in [-0.25, -0.2) is 4.98 Å². The van der Waals surface area contributed by atoms with Crippen molar-refractivity contribution in [1.29, 1.82) is 0 Å². The molecule has 0 spiro atoms. The third-order valence-corrected chi connectivity index (χ3v) is 6.66. The first kappa shape index (κ1) is 24.9. The van der Waals surface area contributed by atoms with E-state index in [0.717, 1.165) is 24.8 Å². The summed E-state index contributed by atoms with van der Waals surface area (Å²) < 4.78 is 43.7. The lowest BCUT2D eigenvalue weighted by Crippen LogP contribution is -2.29. The van der Waals surface area contributed by atoms with Gasteiger partial charge in [-0.15, -0.1) is 13.2 Å². The fourth-order valence-corrected chi connectivity index (χ4v) is 5.35. The van der Waals surface area contributed by atoms with Gasteiger partial charge in [0.15, 0.2) is 0 Å². The van der Waals surface area contributed by atoms with Gasteiger partial charge in [-0.3, -0.25) is 4.79 Å². The number of halogens is 3. The van der Waals surface area contributed by atoms with Crippen molar-refractivity contribution in [1.82, 2.24) is 9.55 Å². The van der Waals surface area contributed by atoms with Gasteiger partial charge >= 0.3 is 12.3 Å². The second-order valence-electron chi connectivity index (χ2n) is 10.4. The van der Waals surface area contributed by atoms with Crippen molar-refractivity contribution in [3.05, 3.63) is 48.0 Å². The molecule has 1 aromatic heterocycles. The molecule has 0 aliphatic heterocycles. The number of imidazole rings is 1. The lowest BCUT2D eigenvalue weighted by atomic mass is 9.70. The molecule has 1 aliphatic carbocycles. The van der Waals surface area contributed by atoms with E-state index in [9.17, 15) is 23.1 Å². The molecule has 0 bridgehead atoms. The lowest BCUT2D eigenvalue weighted by Gasteiger charge is -2.40. The molecule has 1 unspecified atom stereocenters. The first-order valence-electron chi connectivity index (χ1n) is 11.7. The maximum absolute atomic E-state index is 12.5. The number of fused-ring (bicyclic) bond motifs is 1. The van der Waals surface area contributed by atoms with Crippen LogP contribution in [0.4, 0.5) is 24.8 Å². The van der Waals surface area contributed by atoms with Crippen molar-refractivity contribution in [2.75, 3.05) is 5.32 Å². The minimum Gasteiger partial charge on any atom is -0.481 e. The molecule has 35 heavy (non-hydrogen) atoms. The van der Waals surface area contributed by atoms with Crippen LogP contribution in [0.15, 0.2) is 42.5 Å². The van der Waals surface area contributed by atoms with E-state index in [0.29, 0.717) is 28.6 Å². The molecule has 1 heterocycles. The van der Waals surface area contributed by atoms with Gasteiger partial charge in [-0.1, -0.05) is 26.8 Å². The molecule has 0 radical (unpaired) electrons. The summed E-state index contributed by atoms with van der Waals surface area (Å²) in [5, 5.41) is 12.7. The van der Waals surface area contributed by atoms with Crippen molar-refractivity contribution >= 4 is 28.6 Å². The number of carbonyl (C=O) groups is 1. The summed E-state index contributed by atoms with van der Waals surface area (Å²) in [6.45, 7) is 8.39. The standard InChI is InChI=1S/C26H30F3N3O3/c1-15-11-19(14-25(3,4)13-15)32-22-10-5-17(16(2)23(33)34)12-21(22)31-24(32)30-18-6-8-20(9-7-18)35-26(27,28)29/h5-10,12,15-16,19H,11,13-14H2,1-4H3,(H,30,31)(H,33,34)/t15-,16?,19+/m0/s1. The summed E-state index contributed by atoms with van der Waals surface area (Å²) in [6.07, 6.45) is -1.71. The number of hydrogen-bond acceptors (Lipinski definition) is 4. The van der Waals surface area contributed by atoms with Crippen molar-refractivity contribution in [3.8, 4) is 5.75 Å². The molecule has 1 fully saturated rings. The Balaban J connectivity index is 1.74. The van der Waals surface area contributed by atoms with Gasteiger partial charge in [0, 0.05) is 11.7 Å². The smallest absolute Gasteiger partial charge is 0.481 e. The average Bonchev–Trinajstić information content (AvgIpc) is 3.09. The number of nitrogens with zero attached hydrogens (tertiary/aromatic N) is 2. The van der Waals surface area contributed by atoms with E-state index in [1.807, 2.05) is 12.1 Å². The van der Waals surface area contributed by atoms with Crippen molar-refractivity contribution < 1.29 is 27.8 Å². The second-order valence-corrected chi connectivity index (χ2v) is 10.4. The molecular weight excluding hydrogens is 459 g/mol. The quantitative estimate of drug-likeness (QED) is 0.381. The molecule has 0 saturated heterocycles. The molecule has 9 heteroatoms. The number of aromatic nitrogens is 2. The summed E-state index contributed by atoms with van der Waals surface area (Å²) in [4.78, 5) is 16.3. The Bertz CT molecular complexity index is 1220. The molecule has 6 nitrogen and oxygen atoms in total. The third-order valence-electron chi connectivity index (χ3n) is 6.66.